The second kappa shape index (κ2) is 8.27. The van der Waals surface area contributed by atoms with Crippen molar-refractivity contribution in [3.05, 3.63) is 95.7 Å². The lowest BCUT2D eigenvalue weighted by Gasteiger charge is -2.24. The molecule has 0 spiro atoms. The summed E-state index contributed by atoms with van der Waals surface area (Å²) in [5.74, 6) is 0. The standard InChI is InChI=1S/C24H18F6N4/c1-22(2,20-7-3-6-19(32-20)15-5-4-12-31-13-15)21-18(24(28,29)30)14-34(33-21)17-10-8-16(9-11-17)23(25,26)27/h3-14H,1-2H3. The summed E-state index contributed by atoms with van der Waals surface area (Å²) in [6, 6.07) is 12.3. The minimum absolute atomic E-state index is 0.0672. The number of benzene rings is 1. The number of hydrogen-bond donors (Lipinski definition) is 0. The van der Waals surface area contributed by atoms with Gasteiger partial charge in [-0.1, -0.05) is 6.07 Å². The lowest BCUT2D eigenvalue weighted by molar-refractivity contribution is -0.139. The van der Waals surface area contributed by atoms with Gasteiger partial charge in [-0.25, -0.2) is 4.68 Å². The SMILES string of the molecule is CC(C)(c1cccc(-c2cccnc2)n1)c1nn(-c2ccc(C(F)(F)F)cc2)cc1C(F)(F)F. The van der Waals surface area contributed by atoms with Gasteiger partial charge in [-0.2, -0.15) is 31.4 Å². The molecule has 0 aliphatic carbocycles. The highest BCUT2D eigenvalue weighted by atomic mass is 19.4. The van der Waals surface area contributed by atoms with E-state index in [1.54, 1.807) is 56.6 Å². The van der Waals surface area contributed by atoms with Crippen molar-refractivity contribution in [3.63, 3.8) is 0 Å². The van der Waals surface area contributed by atoms with E-state index < -0.39 is 28.9 Å². The van der Waals surface area contributed by atoms with Gasteiger partial charge in [-0.15, -0.1) is 0 Å². The van der Waals surface area contributed by atoms with Crippen molar-refractivity contribution in [2.45, 2.75) is 31.6 Å². The molecular formula is C24H18F6N4. The molecule has 10 heteroatoms. The first-order chi connectivity index (χ1) is 15.9. The Kier molecular flexibility index (Phi) is 5.71. The molecule has 3 heterocycles. The van der Waals surface area contributed by atoms with E-state index in [4.69, 9.17) is 0 Å². The number of aromatic nitrogens is 4. The summed E-state index contributed by atoms with van der Waals surface area (Å²) >= 11 is 0. The number of alkyl halides is 6. The molecule has 0 unspecified atom stereocenters. The molecule has 0 saturated carbocycles. The fourth-order valence-electron chi connectivity index (χ4n) is 3.56. The Bertz CT molecular complexity index is 1290. The first kappa shape index (κ1) is 23.5. The molecule has 4 aromatic rings. The molecule has 0 aliphatic rings. The number of pyridine rings is 2. The molecular weight excluding hydrogens is 458 g/mol. The highest BCUT2D eigenvalue weighted by Crippen LogP contribution is 2.40. The van der Waals surface area contributed by atoms with Crippen molar-refractivity contribution in [1.82, 2.24) is 19.7 Å². The summed E-state index contributed by atoms with van der Waals surface area (Å²) in [6.07, 6.45) is -5.32. The Balaban J connectivity index is 1.80. The Morgan fingerprint density at radius 2 is 1.50 bits per heavy atom. The fourth-order valence-corrected chi connectivity index (χ4v) is 3.56. The highest BCUT2D eigenvalue weighted by Gasteiger charge is 2.42. The van der Waals surface area contributed by atoms with Crippen LogP contribution in [0.1, 0.15) is 36.4 Å². The van der Waals surface area contributed by atoms with Crippen molar-refractivity contribution < 1.29 is 26.3 Å². The maximum atomic E-state index is 14.0. The Hall–Kier alpha value is -3.69. The molecule has 0 N–H and O–H groups in total. The molecule has 0 bridgehead atoms. The van der Waals surface area contributed by atoms with Crippen LogP contribution in [0.4, 0.5) is 26.3 Å². The summed E-state index contributed by atoms with van der Waals surface area (Å²) < 4.78 is 81.4. The van der Waals surface area contributed by atoms with Crippen LogP contribution in [-0.2, 0) is 17.8 Å². The predicted octanol–water partition coefficient (Wildman–Crippen LogP) is 6.69. The highest BCUT2D eigenvalue weighted by molar-refractivity contribution is 5.58. The van der Waals surface area contributed by atoms with Crippen molar-refractivity contribution in [2.24, 2.45) is 0 Å². The number of nitrogens with zero attached hydrogens (tertiary/aromatic N) is 4. The molecule has 3 aromatic heterocycles. The zero-order valence-corrected chi connectivity index (χ0v) is 18.0. The van der Waals surface area contributed by atoms with Crippen molar-refractivity contribution in [1.29, 1.82) is 0 Å². The van der Waals surface area contributed by atoms with Crippen LogP contribution in [0.2, 0.25) is 0 Å². The monoisotopic (exact) mass is 476 g/mol. The third kappa shape index (κ3) is 4.52. The van der Waals surface area contributed by atoms with Crippen LogP contribution < -0.4 is 0 Å². The van der Waals surface area contributed by atoms with Gasteiger partial charge in [0, 0.05) is 24.2 Å². The summed E-state index contributed by atoms with van der Waals surface area (Å²) in [4.78, 5) is 8.59. The topological polar surface area (TPSA) is 43.6 Å². The smallest absolute Gasteiger partial charge is 0.264 e. The number of rotatable bonds is 4. The number of halogens is 6. The largest absolute Gasteiger partial charge is 0.419 e. The molecule has 0 atom stereocenters. The van der Waals surface area contributed by atoms with Crippen LogP contribution in [0.3, 0.4) is 0 Å². The van der Waals surface area contributed by atoms with E-state index in [9.17, 15) is 26.3 Å². The van der Waals surface area contributed by atoms with Crippen molar-refractivity contribution >= 4 is 0 Å². The van der Waals surface area contributed by atoms with Gasteiger partial charge in [-0.05, 0) is 62.4 Å². The van der Waals surface area contributed by atoms with E-state index in [0.717, 1.165) is 35.1 Å². The van der Waals surface area contributed by atoms with Gasteiger partial charge in [0.15, 0.2) is 0 Å². The van der Waals surface area contributed by atoms with Gasteiger partial charge < -0.3 is 0 Å². The summed E-state index contributed by atoms with van der Waals surface area (Å²) in [5.41, 5.74) is -1.83. The normalized spacial score (nSPS) is 12.7. The fraction of sp³-hybridized carbons (Fsp3) is 0.208. The lowest BCUT2D eigenvalue weighted by Crippen LogP contribution is -2.25. The third-order valence-corrected chi connectivity index (χ3v) is 5.42. The maximum Gasteiger partial charge on any atom is 0.419 e. The Morgan fingerprint density at radius 3 is 2.09 bits per heavy atom. The van der Waals surface area contributed by atoms with E-state index in [1.165, 1.54) is 0 Å². The molecule has 176 valence electrons. The molecule has 1 aromatic carbocycles. The predicted molar refractivity (Wildman–Crippen MR) is 113 cm³/mol. The van der Waals surface area contributed by atoms with Gasteiger partial charge in [0.05, 0.1) is 39.3 Å². The minimum Gasteiger partial charge on any atom is -0.264 e. The van der Waals surface area contributed by atoms with Gasteiger partial charge in [0.25, 0.3) is 0 Å². The molecule has 0 fully saturated rings. The van der Waals surface area contributed by atoms with E-state index in [0.29, 0.717) is 17.0 Å². The second-order valence-electron chi connectivity index (χ2n) is 8.15. The van der Waals surface area contributed by atoms with E-state index in [1.807, 2.05) is 0 Å². The van der Waals surface area contributed by atoms with Crippen LogP contribution in [0.15, 0.2) is 73.2 Å². The zero-order valence-electron chi connectivity index (χ0n) is 18.0. The van der Waals surface area contributed by atoms with Gasteiger partial charge >= 0.3 is 12.4 Å². The molecule has 4 rings (SSSR count). The van der Waals surface area contributed by atoms with Crippen LogP contribution in [0, 0.1) is 0 Å². The van der Waals surface area contributed by atoms with Crippen LogP contribution in [0.5, 0.6) is 0 Å². The van der Waals surface area contributed by atoms with Crippen LogP contribution in [-0.4, -0.2) is 19.7 Å². The average Bonchev–Trinajstić information content (AvgIpc) is 3.27. The minimum atomic E-state index is -4.74. The first-order valence-corrected chi connectivity index (χ1v) is 10.1. The summed E-state index contributed by atoms with van der Waals surface area (Å²) in [6.45, 7) is 3.13. The second-order valence-corrected chi connectivity index (χ2v) is 8.15. The molecule has 4 nitrogen and oxygen atoms in total. The van der Waals surface area contributed by atoms with Crippen LogP contribution >= 0.6 is 0 Å². The van der Waals surface area contributed by atoms with Gasteiger partial charge in [0.2, 0.25) is 0 Å². The molecule has 34 heavy (non-hydrogen) atoms. The lowest BCUT2D eigenvalue weighted by atomic mass is 9.83. The summed E-state index contributed by atoms with van der Waals surface area (Å²) in [5, 5.41) is 4.15. The third-order valence-electron chi connectivity index (χ3n) is 5.42. The first-order valence-electron chi connectivity index (χ1n) is 10.1. The van der Waals surface area contributed by atoms with Gasteiger partial charge in [0.1, 0.15) is 0 Å². The Labute approximate surface area is 190 Å². The number of hydrogen-bond acceptors (Lipinski definition) is 3. The van der Waals surface area contributed by atoms with Crippen molar-refractivity contribution in [2.75, 3.05) is 0 Å². The maximum absolute atomic E-state index is 14.0. The summed E-state index contributed by atoms with van der Waals surface area (Å²) in [7, 11) is 0. The van der Waals surface area contributed by atoms with E-state index in [-0.39, 0.29) is 11.4 Å². The van der Waals surface area contributed by atoms with Crippen molar-refractivity contribution in [3.8, 4) is 16.9 Å². The quantitative estimate of drug-likeness (QED) is 0.308. The van der Waals surface area contributed by atoms with Crippen LogP contribution in [0.25, 0.3) is 16.9 Å². The average molecular weight is 476 g/mol. The molecule has 0 aliphatic heterocycles. The Morgan fingerprint density at radius 1 is 0.794 bits per heavy atom. The van der Waals surface area contributed by atoms with E-state index in [2.05, 4.69) is 15.1 Å². The van der Waals surface area contributed by atoms with E-state index >= 15 is 0 Å². The molecule has 0 amide bonds. The van der Waals surface area contributed by atoms with Gasteiger partial charge in [-0.3, -0.25) is 9.97 Å². The molecule has 0 saturated heterocycles. The molecule has 0 radical (unpaired) electrons. The zero-order chi connectivity index (χ0) is 24.7.